The fourth-order valence-electron chi connectivity index (χ4n) is 7.85. The molecule has 0 heterocycles. The van der Waals surface area contributed by atoms with Crippen molar-refractivity contribution in [2.45, 2.75) is 194 Å². The minimum Gasteiger partial charge on any atom is -0.360 e. The first-order valence-electron chi connectivity index (χ1n) is 19.7. The first-order valence-corrected chi connectivity index (χ1v) is 19.7. The van der Waals surface area contributed by atoms with Crippen LogP contribution in [0.1, 0.15) is 194 Å². The van der Waals surface area contributed by atoms with Gasteiger partial charge in [-0.15, -0.1) is 0 Å². The maximum absolute atomic E-state index is 3.20. The third-order valence-electron chi connectivity index (χ3n) is 10.4. The molecule has 2 aromatic carbocycles. The summed E-state index contributed by atoms with van der Waals surface area (Å²) in [7, 11) is 0. The average molecular weight is 616 g/mol. The van der Waals surface area contributed by atoms with Crippen LogP contribution >= 0.6 is 0 Å². The van der Waals surface area contributed by atoms with Crippen LogP contribution in [0.3, 0.4) is 0 Å². The lowest BCUT2D eigenvalue weighted by atomic mass is 9.72. The summed E-state index contributed by atoms with van der Waals surface area (Å²) in [6, 6.07) is 20.5. The molecule has 0 saturated heterocycles. The van der Waals surface area contributed by atoms with Crippen molar-refractivity contribution in [2.75, 3.05) is 4.90 Å². The molecule has 0 spiro atoms. The van der Waals surface area contributed by atoms with Gasteiger partial charge in [-0.3, -0.25) is 0 Å². The molecule has 0 aliphatic heterocycles. The second-order valence-corrected chi connectivity index (χ2v) is 14.1. The Morgan fingerprint density at radius 3 is 1.22 bits per heavy atom. The Morgan fingerprint density at radius 2 is 0.800 bits per heavy atom. The molecule has 0 fully saturated rings. The third-order valence-corrected chi connectivity index (χ3v) is 10.4. The van der Waals surface area contributed by atoms with E-state index in [2.05, 4.69) is 113 Å². The highest BCUT2D eigenvalue weighted by molar-refractivity contribution is 5.78. The zero-order valence-corrected chi connectivity index (χ0v) is 30.9. The maximum atomic E-state index is 3.20. The highest BCUT2D eigenvalue weighted by atomic mass is 15.3. The van der Waals surface area contributed by atoms with Crippen LogP contribution in [-0.4, -0.2) is 11.1 Å². The number of benzene rings is 2. The molecule has 1 nitrogen and oxygen atoms in total. The van der Waals surface area contributed by atoms with Crippen molar-refractivity contribution in [1.82, 2.24) is 0 Å². The second kappa shape index (κ2) is 23.3. The van der Waals surface area contributed by atoms with Crippen LogP contribution in [0.5, 0.6) is 0 Å². The number of nitrogens with zero attached hydrogens (tertiary/aromatic N) is 1. The Morgan fingerprint density at radius 1 is 0.422 bits per heavy atom. The van der Waals surface area contributed by atoms with Gasteiger partial charge < -0.3 is 4.90 Å². The summed E-state index contributed by atoms with van der Waals surface area (Å²) in [6.45, 7) is 14.4. The molecule has 2 aromatic rings. The van der Waals surface area contributed by atoms with Crippen LogP contribution in [0, 0.1) is 0 Å². The lowest BCUT2D eigenvalue weighted by molar-refractivity contribution is 0.179. The molecule has 0 saturated carbocycles. The summed E-state index contributed by atoms with van der Waals surface area (Å²) in [5.41, 5.74) is 4.59. The zero-order chi connectivity index (χ0) is 32.6. The van der Waals surface area contributed by atoms with Crippen molar-refractivity contribution in [3.63, 3.8) is 0 Å². The number of anilines is 1. The quantitative estimate of drug-likeness (QED) is 0.0714. The standard InChI is InChI=1S/C44H73N/c1-7-13-24-36-43(34-17-11-5,37-25-14-8-2)45(44(35-18-12-6,38-26-15-9-3)39-27-16-10-4)42-31-23-22-30-41(42)33-32-40-28-20-19-21-29-40/h19-23,28-33H,7-18,24-27,34-39H2,1-6H3. The summed E-state index contributed by atoms with van der Waals surface area (Å²) < 4.78 is 0. The Balaban J connectivity index is 2.93. The largest absolute Gasteiger partial charge is 0.360 e. The molecule has 0 aliphatic rings. The van der Waals surface area contributed by atoms with E-state index in [1.165, 1.54) is 158 Å². The van der Waals surface area contributed by atoms with Gasteiger partial charge in [0, 0.05) is 16.8 Å². The fourth-order valence-corrected chi connectivity index (χ4v) is 7.85. The number of unbranched alkanes of at least 4 members (excludes halogenated alkanes) is 10. The van der Waals surface area contributed by atoms with Crippen molar-refractivity contribution < 1.29 is 0 Å². The van der Waals surface area contributed by atoms with Crippen molar-refractivity contribution in [1.29, 1.82) is 0 Å². The molecule has 2 rings (SSSR count). The fraction of sp³-hybridized carbons (Fsp3) is 0.682. The van der Waals surface area contributed by atoms with Crippen LogP contribution in [0.15, 0.2) is 54.6 Å². The predicted octanol–water partition coefficient (Wildman–Crippen LogP) is 14.8. The smallest absolute Gasteiger partial charge is 0.0449 e. The van der Waals surface area contributed by atoms with Gasteiger partial charge in [-0.25, -0.2) is 0 Å². The molecule has 0 N–H and O–H groups in total. The van der Waals surface area contributed by atoms with Gasteiger partial charge in [0.1, 0.15) is 0 Å². The SMILES string of the molecule is CCCCCC(CCCC)(CCCCC)N(c1ccccc1C=Cc1ccccc1)C(CCCC)(CCCCC)CCCCC. The zero-order valence-electron chi connectivity index (χ0n) is 30.9. The molecule has 0 bridgehead atoms. The summed E-state index contributed by atoms with van der Waals surface area (Å²) in [4.78, 5) is 3.20. The van der Waals surface area contributed by atoms with E-state index >= 15 is 0 Å². The van der Waals surface area contributed by atoms with Gasteiger partial charge in [0.25, 0.3) is 0 Å². The molecule has 0 radical (unpaired) electrons. The van der Waals surface area contributed by atoms with Crippen molar-refractivity contribution >= 4 is 17.8 Å². The number of para-hydroxylation sites is 1. The van der Waals surface area contributed by atoms with E-state index in [0.717, 1.165) is 0 Å². The second-order valence-electron chi connectivity index (χ2n) is 14.1. The molecular weight excluding hydrogens is 542 g/mol. The van der Waals surface area contributed by atoms with Crippen molar-refractivity contribution in [3.05, 3.63) is 65.7 Å². The Hall–Kier alpha value is -2.02. The van der Waals surface area contributed by atoms with Crippen LogP contribution in [0.25, 0.3) is 12.2 Å². The number of hydrogen-bond acceptors (Lipinski definition) is 1. The minimum absolute atomic E-state index is 0.198. The molecule has 1 heteroatoms. The van der Waals surface area contributed by atoms with Crippen LogP contribution in [0.4, 0.5) is 5.69 Å². The van der Waals surface area contributed by atoms with Gasteiger partial charge in [0.15, 0.2) is 0 Å². The third kappa shape index (κ3) is 13.0. The van der Waals surface area contributed by atoms with E-state index in [9.17, 15) is 0 Å². The van der Waals surface area contributed by atoms with Gasteiger partial charge in [-0.05, 0) is 55.7 Å². The lowest BCUT2D eigenvalue weighted by Gasteiger charge is -2.58. The summed E-state index contributed by atoms with van der Waals surface area (Å²) in [6.07, 6.45) is 33.9. The van der Waals surface area contributed by atoms with Crippen LogP contribution in [0.2, 0.25) is 0 Å². The Kier molecular flexibility index (Phi) is 20.3. The van der Waals surface area contributed by atoms with E-state index in [0.29, 0.717) is 0 Å². The van der Waals surface area contributed by atoms with Gasteiger partial charge in [0.2, 0.25) is 0 Å². The van der Waals surface area contributed by atoms with E-state index in [-0.39, 0.29) is 11.1 Å². The normalized spacial score (nSPS) is 12.3. The predicted molar refractivity (Wildman–Crippen MR) is 205 cm³/mol. The first-order chi connectivity index (χ1) is 22.1. The highest BCUT2D eigenvalue weighted by Gasteiger charge is 2.47. The van der Waals surface area contributed by atoms with Crippen LogP contribution < -0.4 is 4.90 Å². The summed E-state index contributed by atoms with van der Waals surface area (Å²) in [5, 5.41) is 0. The topological polar surface area (TPSA) is 3.24 Å². The first kappa shape index (κ1) is 39.2. The molecular formula is C44H73N. The van der Waals surface area contributed by atoms with E-state index in [4.69, 9.17) is 0 Å². The molecule has 0 atom stereocenters. The number of rotatable bonds is 27. The molecule has 45 heavy (non-hydrogen) atoms. The molecule has 0 unspecified atom stereocenters. The molecule has 0 aromatic heterocycles. The Bertz CT molecular complexity index is 949. The van der Waals surface area contributed by atoms with E-state index in [1.54, 1.807) is 0 Å². The van der Waals surface area contributed by atoms with E-state index < -0.39 is 0 Å². The lowest BCUT2D eigenvalue weighted by Crippen LogP contribution is -2.62. The summed E-state index contributed by atoms with van der Waals surface area (Å²) >= 11 is 0. The minimum atomic E-state index is 0.198. The van der Waals surface area contributed by atoms with Crippen molar-refractivity contribution in [2.24, 2.45) is 0 Å². The summed E-state index contributed by atoms with van der Waals surface area (Å²) in [5.74, 6) is 0. The molecule has 0 aliphatic carbocycles. The molecule has 254 valence electrons. The van der Waals surface area contributed by atoms with Gasteiger partial charge in [0.05, 0.1) is 0 Å². The Labute approximate surface area is 281 Å². The average Bonchev–Trinajstić information content (AvgIpc) is 3.07. The molecule has 0 amide bonds. The van der Waals surface area contributed by atoms with Crippen molar-refractivity contribution in [3.8, 4) is 0 Å². The number of hydrogen-bond donors (Lipinski definition) is 0. The maximum Gasteiger partial charge on any atom is 0.0449 e. The van der Waals surface area contributed by atoms with Gasteiger partial charge >= 0.3 is 0 Å². The van der Waals surface area contributed by atoms with Crippen LogP contribution in [-0.2, 0) is 0 Å². The van der Waals surface area contributed by atoms with Gasteiger partial charge in [-0.2, -0.15) is 0 Å². The van der Waals surface area contributed by atoms with Gasteiger partial charge in [-0.1, -0.05) is 205 Å². The van der Waals surface area contributed by atoms with E-state index in [1.807, 2.05) is 0 Å². The highest BCUT2D eigenvalue weighted by Crippen LogP contribution is 2.49. The monoisotopic (exact) mass is 616 g/mol.